The quantitative estimate of drug-likeness (QED) is 0.0401. The predicted molar refractivity (Wildman–Crippen MR) is 208 cm³/mol. The number of carbonyl (C=O) groups excluding carboxylic acids is 5. The van der Waals surface area contributed by atoms with Crippen LogP contribution < -0.4 is 4.74 Å². The average molecular weight is 765 g/mol. The first-order valence-electron chi connectivity index (χ1n) is 19.7. The summed E-state index contributed by atoms with van der Waals surface area (Å²) in [7, 11) is 2.10. The summed E-state index contributed by atoms with van der Waals surface area (Å²) in [5.74, 6) is -4.08. The second-order valence-electron chi connectivity index (χ2n) is 14.4. The predicted octanol–water partition coefficient (Wildman–Crippen LogP) is 8.03. The lowest BCUT2D eigenvalue weighted by Crippen LogP contribution is -2.30. The van der Waals surface area contributed by atoms with E-state index in [-0.39, 0.29) is 26.4 Å². The molecule has 11 nitrogen and oxygen atoms in total. The monoisotopic (exact) mass is 764 g/mol. The molecule has 1 fully saturated rings. The molecule has 1 aliphatic rings. The zero-order chi connectivity index (χ0) is 40.2. The fraction of sp³-hybridized carbons (Fsp3) is 0.568. The van der Waals surface area contributed by atoms with E-state index in [1.54, 1.807) is 6.92 Å². The number of benzene rings is 2. The Hall–Kier alpha value is -4.67. The normalized spacial score (nSPS) is 15.2. The van der Waals surface area contributed by atoms with Gasteiger partial charge < -0.3 is 28.4 Å². The highest BCUT2D eigenvalue weighted by molar-refractivity contribution is 6.30. The van der Waals surface area contributed by atoms with Crippen molar-refractivity contribution in [1.29, 1.82) is 0 Å². The zero-order valence-electron chi connectivity index (χ0n) is 33.4. The highest BCUT2D eigenvalue weighted by Gasteiger charge is 2.25. The molecule has 0 amide bonds. The third-order valence-corrected chi connectivity index (χ3v) is 10.2. The topological polar surface area (TPSA) is 141 Å². The Morgan fingerprint density at radius 1 is 0.709 bits per heavy atom. The molecule has 0 spiro atoms. The van der Waals surface area contributed by atoms with Crippen LogP contribution in [0.4, 0.5) is 0 Å². The number of unbranched alkanes of at least 4 members (excludes halogenated alkanes) is 4. The van der Waals surface area contributed by atoms with Gasteiger partial charge in [-0.15, -0.1) is 0 Å². The van der Waals surface area contributed by atoms with Crippen LogP contribution in [0, 0.1) is 11.8 Å². The number of hydrogen-bond donors (Lipinski definition) is 0. The molecule has 0 atom stereocenters. The molecular weight excluding hydrogens is 704 g/mol. The van der Waals surface area contributed by atoms with Crippen molar-refractivity contribution < 1.29 is 52.4 Å². The van der Waals surface area contributed by atoms with Crippen molar-refractivity contribution in [2.24, 2.45) is 11.8 Å². The maximum atomic E-state index is 12.0. The van der Waals surface area contributed by atoms with Crippen LogP contribution in [0.2, 0.25) is 0 Å². The molecule has 0 N–H and O–H groups in total. The number of hydrogen-bond acceptors (Lipinski definition) is 11. The summed E-state index contributed by atoms with van der Waals surface area (Å²) in [5, 5.41) is 0. The number of carbonyl (C=O) groups is 5. The van der Waals surface area contributed by atoms with Crippen LogP contribution in [-0.4, -0.2) is 70.5 Å². The van der Waals surface area contributed by atoms with Crippen molar-refractivity contribution in [2.45, 2.75) is 110 Å². The molecule has 0 aromatic heterocycles. The number of ether oxygens (including phenoxy) is 6. The van der Waals surface area contributed by atoms with Gasteiger partial charge in [0.1, 0.15) is 19.0 Å². The average Bonchev–Trinajstić information content (AvgIpc) is 3.21. The Labute approximate surface area is 326 Å². The van der Waals surface area contributed by atoms with Crippen LogP contribution >= 0.6 is 0 Å². The molecule has 2 aromatic rings. The molecule has 11 heteroatoms. The molecule has 0 saturated heterocycles. The SMILES string of the molecule is C=C(C)C(=O)OCCCc1cc(-c2ccc(C3CCC(CCCCCCC)CC3)cc2CC)ccc1OCC(COC(=O)C(=O)OC)COC(=O)C(=O)OC. The van der Waals surface area contributed by atoms with Gasteiger partial charge in [-0.3, -0.25) is 0 Å². The molecule has 1 aliphatic carbocycles. The number of esters is 5. The van der Waals surface area contributed by atoms with E-state index in [1.165, 1.54) is 75.3 Å². The van der Waals surface area contributed by atoms with E-state index in [4.69, 9.17) is 18.9 Å². The first-order chi connectivity index (χ1) is 26.5. The van der Waals surface area contributed by atoms with Gasteiger partial charge in [-0.1, -0.05) is 83.2 Å². The van der Waals surface area contributed by atoms with Crippen LogP contribution in [0.5, 0.6) is 5.75 Å². The van der Waals surface area contributed by atoms with Gasteiger partial charge in [0.15, 0.2) is 0 Å². The van der Waals surface area contributed by atoms with Crippen molar-refractivity contribution in [3.05, 3.63) is 65.2 Å². The van der Waals surface area contributed by atoms with E-state index in [2.05, 4.69) is 54.2 Å². The van der Waals surface area contributed by atoms with Gasteiger partial charge in [0.25, 0.3) is 0 Å². The number of rotatable bonds is 21. The van der Waals surface area contributed by atoms with Crippen molar-refractivity contribution in [1.82, 2.24) is 0 Å². The van der Waals surface area contributed by atoms with Gasteiger partial charge in [-0.2, -0.15) is 0 Å². The molecule has 2 aromatic carbocycles. The third-order valence-electron chi connectivity index (χ3n) is 10.2. The van der Waals surface area contributed by atoms with Gasteiger partial charge in [-0.25, -0.2) is 24.0 Å². The summed E-state index contributed by atoms with van der Waals surface area (Å²) in [6, 6.07) is 12.8. The molecule has 0 heterocycles. The lowest BCUT2D eigenvalue weighted by molar-refractivity contribution is -0.170. The van der Waals surface area contributed by atoms with Crippen molar-refractivity contribution in [2.75, 3.05) is 40.6 Å². The largest absolute Gasteiger partial charge is 0.493 e. The van der Waals surface area contributed by atoms with E-state index >= 15 is 0 Å². The van der Waals surface area contributed by atoms with Crippen LogP contribution in [0.1, 0.15) is 114 Å². The standard InChI is InChI=1S/C44H60O11/c1-7-9-10-11-12-14-31-16-18-34(19-17-31)35-20-22-38(33(8-2)25-35)36-21-23-39(37(26-36)15-13-24-52-40(45)30(3)4)53-27-32(28-54-43(48)41(46)50-5)29-55-44(49)42(47)51-6/h20-23,25-26,31-32,34H,3,7-19,24,27-29H2,1-2,4-6H3. The van der Waals surface area contributed by atoms with Gasteiger partial charge in [0, 0.05) is 5.57 Å². The van der Waals surface area contributed by atoms with Crippen LogP contribution in [0.3, 0.4) is 0 Å². The molecular formula is C44H60O11. The molecule has 0 unspecified atom stereocenters. The summed E-state index contributed by atoms with van der Waals surface area (Å²) < 4.78 is 30.5. The summed E-state index contributed by atoms with van der Waals surface area (Å²) in [5.41, 5.74) is 6.00. The molecule has 0 bridgehead atoms. The minimum absolute atomic E-state index is 0.101. The Morgan fingerprint density at radius 2 is 1.36 bits per heavy atom. The van der Waals surface area contributed by atoms with Crippen LogP contribution in [0.25, 0.3) is 11.1 Å². The minimum Gasteiger partial charge on any atom is -0.493 e. The summed E-state index contributed by atoms with van der Waals surface area (Å²) in [4.78, 5) is 59.2. The third kappa shape index (κ3) is 14.8. The molecule has 1 saturated carbocycles. The molecule has 0 radical (unpaired) electrons. The Bertz CT molecular complexity index is 1560. The highest BCUT2D eigenvalue weighted by atomic mass is 16.6. The summed E-state index contributed by atoms with van der Waals surface area (Å²) in [6.07, 6.45) is 15.0. The fourth-order valence-electron chi connectivity index (χ4n) is 6.92. The van der Waals surface area contributed by atoms with E-state index in [0.717, 1.165) is 43.2 Å². The van der Waals surface area contributed by atoms with Gasteiger partial charge in [0.2, 0.25) is 0 Å². The molecule has 0 aliphatic heterocycles. The van der Waals surface area contributed by atoms with E-state index in [0.29, 0.717) is 30.1 Å². The zero-order valence-corrected chi connectivity index (χ0v) is 33.4. The summed E-state index contributed by atoms with van der Waals surface area (Å²) in [6.45, 7) is 9.02. The van der Waals surface area contributed by atoms with Crippen molar-refractivity contribution in [3.8, 4) is 16.9 Å². The lowest BCUT2D eigenvalue weighted by atomic mass is 9.76. The Morgan fingerprint density at radius 3 is 1.96 bits per heavy atom. The molecule has 3 rings (SSSR count). The van der Waals surface area contributed by atoms with Gasteiger partial charge in [0.05, 0.1) is 33.4 Å². The first kappa shape index (κ1) is 44.7. The lowest BCUT2D eigenvalue weighted by Gasteiger charge is -2.29. The Balaban J connectivity index is 1.79. The summed E-state index contributed by atoms with van der Waals surface area (Å²) >= 11 is 0. The number of methoxy groups -OCH3 is 2. The molecule has 302 valence electrons. The number of aryl methyl sites for hydroxylation is 2. The smallest absolute Gasteiger partial charge is 0.417 e. The van der Waals surface area contributed by atoms with Crippen molar-refractivity contribution >= 4 is 29.8 Å². The second-order valence-corrected chi connectivity index (χ2v) is 14.4. The van der Waals surface area contributed by atoms with Gasteiger partial charge in [-0.05, 0) is 104 Å². The second kappa shape index (κ2) is 24.0. The van der Waals surface area contributed by atoms with Crippen LogP contribution in [-0.2, 0) is 60.5 Å². The van der Waals surface area contributed by atoms with E-state index in [1.807, 2.05) is 12.1 Å². The van der Waals surface area contributed by atoms with Crippen molar-refractivity contribution in [3.63, 3.8) is 0 Å². The first-order valence-corrected chi connectivity index (χ1v) is 19.7. The Kier molecular flexibility index (Phi) is 19.5. The van der Waals surface area contributed by atoms with E-state index < -0.39 is 35.8 Å². The minimum atomic E-state index is -1.22. The molecule has 55 heavy (non-hydrogen) atoms. The fourth-order valence-corrected chi connectivity index (χ4v) is 6.92. The van der Waals surface area contributed by atoms with Crippen LogP contribution in [0.15, 0.2) is 48.6 Å². The van der Waals surface area contributed by atoms with E-state index in [9.17, 15) is 24.0 Å². The maximum Gasteiger partial charge on any atom is 0.417 e. The highest BCUT2D eigenvalue weighted by Crippen LogP contribution is 2.40. The van der Waals surface area contributed by atoms with Gasteiger partial charge >= 0.3 is 29.8 Å². The maximum absolute atomic E-state index is 12.0.